The van der Waals surface area contributed by atoms with Crippen LogP contribution in [0.4, 0.5) is 0 Å². The van der Waals surface area contributed by atoms with Crippen LogP contribution in [0.2, 0.25) is 0 Å². The van der Waals surface area contributed by atoms with E-state index in [4.69, 9.17) is 4.74 Å². The highest BCUT2D eigenvalue weighted by atomic mass is 32.1. The van der Waals surface area contributed by atoms with Gasteiger partial charge in [-0.3, -0.25) is 4.79 Å². The summed E-state index contributed by atoms with van der Waals surface area (Å²) < 4.78 is 5.72. The summed E-state index contributed by atoms with van der Waals surface area (Å²) in [6.07, 6.45) is 0. The molecule has 0 unspecified atom stereocenters. The highest BCUT2D eigenvalue weighted by Crippen LogP contribution is 2.21. The third kappa shape index (κ3) is 2.90. The predicted molar refractivity (Wildman–Crippen MR) is 73.1 cm³/mol. The number of hydrogen-bond acceptors (Lipinski definition) is 3. The van der Waals surface area contributed by atoms with E-state index in [2.05, 4.69) is 0 Å². The van der Waals surface area contributed by atoms with Crippen LogP contribution in [0.5, 0.6) is 5.75 Å². The number of para-hydroxylation sites is 1. The van der Waals surface area contributed by atoms with Gasteiger partial charge in [0.1, 0.15) is 12.4 Å². The van der Waals surface area contributed by atoms with Crippen molar-refractivity contribution in [2.75, 3.05) is 14.1 Å². The van der Waals surface area contributed by atoms with E-state index in [-0.39, 0.29) is 5.91 Å². The van der Waals surface area contributed by atoms with Crippen LogP contribution in [0.1, 0.15) is 15.2 Å². The van der Waals surface area contributed by atoms with Crippen LogP contribution >= 0.6 is 11.3 Å². The van der Waals surface area contributed by atoms with Gasteiger partial charge >= 0.3 is 0 Å². The molecule has 2 rings (SSSR count). The number of amides is 1. The number of benzene rings is 1. The van der Waals surface area contributed by atoms with Gasteiger partial charge in [0.15, 0.2) is 0 Å². The second-order valence-electron chi connectivity index (χ2n) is 4.06. The van der Waals surface area contributed by atoms with Crippen LogP contribution in [0, 0.1) is 0 Å². The van der Waals surface area contributed by atoms with Crippen molar-refractivity contribution in [2.45, 2.75) is 6.61 Å². The molecule has 0 N–H and O–H groups in total. The Labute approximate surface area is 111 Å². The highest BCUT2D eigenvalue weighted by molar-refractivity contribution is 7.09. The summed E-state index contributed by atoms with van der Waals surface area (Å²) in [5.74, 6) is 0.585. The summed E-state index contributed by atoms with van der Waals surface area (Å²) in [5, 5.41) is 2.01. The fourth-order valence-electron chi connectivity index (χ4n) is 1.55. The van der Waals surface area contributed by atoms with Crippen LogP contribution in [0.15, 0.2) is 41.8 Å². The molecule has 2 aromatic rings. The summed E-state index contributed by atoms with van der Waals surface area (Å²) in [7, 11) is 3.47. The number of rotatable bonds is 4. The normalized spacial score (nSPS) is 10.1. The van der Waals surface area contributed by atoms with E-state index >= 15 is 0 Å². The molecule has 0 spiro atoms. The molecule has 18 heavy (non-hydrogen) atoms. The number of hydrogen-bond donors (Lipinski definition) is 0. The fourth-order valence-corrected chi connectivity index (χ4v) is 2.17. The molecule has 0 fully saturated rings. The Morgan fingerprint density at radius 1 is 1.22 bits per heavy atom. The Kier molecular flexibility index (Phi) is 3.99. The van der Waals surface area contributed by atoms with Gasteiger partial charge in [-0.05, 0) is 23.6 Å². The molecular weight excluding hydrogens is 246 g/mol. The Bertz CT molecular complexity index is 520. The minimum Gasteiger partial charge on any atom is -0.487 e. The summed E-state index contributed by atoms with van der Waals surface area (Å²) in [4.78, 5) is 14.7. The largest absolute Gasteiger partial charge is 0.487 e. The third-order valence-corrected chi connectivity index (χ3v) is 3.32. The van der Waals surface area contributed by atoms with E-state index in [0.29, 0.717) is 17.9 Å². The van der Waals surface area contributed by atoms with Gasteiger partial charge in [-0.1, -0.05) is 18.2 Å². The summed E-state index contributed by atoms with van der Waals surface area (Å²) >= 11 is 1.64. The van der Waals surface area contributed by atoms with E-state index in [1.165, 1.54) is 0 Å². The maximum Gasteiger partial charge on any atom is 0.257 e. The molecule has 1 heterocycles. The van der Waals surface area contributed by atoms with Gasteiger partial charge in [0.2, 0.25) is 0 Å². The van der Waals surface area contributed by atoms with Crippen molar-refractivity contribution in [1.29, 1.82) is 0 Å². The van der Waals surface area contributed by atoms with Crippen molar-refractivity contribution in [3.05, 3.63) is 52.2 Å². The zero-order chi connectivity index (χ0) is 13.0. The quantitative estimate of drug-likeness (QED) is 0.846. The van der Waals surface area contributed by atoms with E-state index in [1.807, 2.05) is 35.7 Å². The molecular formula is C14H15NO2S. The lowest BCUT2D eigenvalue weighted by Gasteiger charge is -2.14. The van der Waals surface area contributed by atoms with Gasteiger partial charge in [0, 0.05) is 19.0 Å². The van der Waals surface area contributed by atoms with Crippen molar-refractivity contribution >= 4 is 17.2 Å². The Morgan fingerprint density at radius 2 is 2.00 bits per heavy atom. The number of nitrogens with zero attached hydrogens (tertiary/aromatic N) is 1. The second-order valence-corrected chi connectivity index (χ2v) is 5.10. The standard InChI is InChI=1S/C14H15NO2S/c1-15(2)14(16)12-7-3-4-8-13(12)17-10-11-6-5-9-18-11/h3-9H,10H2,1-2H3. The minimum atomic E-state index is -0.0446. The monoisotopic (exact) mass is 261 g/mol. The first-order chi connectivity index (χ1) is 8.68. The maximum absolute atomic E-state index is 12.0. The molecule has 0 bridgehead atoms. The fraction of sp³-hybridized carbons (Fsp3) is 0.214. The van der Waals surface area contributed by atoms with Crippen LogP contribution in [0.3, 0.4) is 0 Å². The number of thiophene rings is 1. The number of carbonyl (C=O) groups is 1. The van der Waals surface area contributed by atoms with Gasteiger partial charge in [0.05, 0.1) is 5.56 Å². The Hall–Kier alpha value is -1.81. The van der Waals surface area contributed by atoms with Crippen molar-refractivity contribution in [1.82, 2.24) is 4.90 Å². The second kappa shape index (κ2) is 5.69. The molecule has 0 radical (unpaired) electrons. The highest BCUT2D eigenvalue weighted by Gasteiger charge is 2.13. The van der Waals surface area contributed by atoms with Crippen LogP contribution in [-0.2, 0) is 6.61 Å². The van der Waals surface area contributed by atoms with Gasteiger partial charge in [0.25, 0.3) is 5.91 Å². The minimum absolute atomic E-state index is 0.0446. The average molecular weight is 261 g/mol. The van der Waals surface area contributed by atoms with Gasteiger partial charge in [-0.25, -0.2) is 0 Å². The third-order valence-electron chi connectivity index (χ3n) is 2.47. The SMILES string of the molecule is CN(C)C(=O)c1ccccc1OCc1cccs1. The zero-order valence-corrected chi connectivity index (χ0v) is 11.2. The van der Waals surface area contributed by atoms with Gasteiger partial charge < -0.3 is 9.64 Å². The summed E-state index contributed by atoms with van der Waals surface area (Å²) in [5.41, 5.74) is 0.596. The van der Waals surface area contributed by atoms with Crippen LogP contribution < -0.4 is 4.74 Å². The first-order valence-electron chi connectivity index (χ1n) is 5.64. The molecule has 0 saturated carbocycles. The topological polar surface area (TPSA) is 29.5 Å². The van der Waals surface area contributed by atoms with Gasteiger partial charge in [-0.2, -0.15) is 0 Å². The molecule has 0 saturated heterocycles. The molecule has 4 heteroatoms. The predicted octanol–water partition coefficient (Wildman–Crippen LogP) is 3.03. The van der Waals surface area contributed by atoms with Crippen molar-refractivity contribution in [3.63, 3.8) is 0 Å². The lowest BCUT2D eigenvalue weighted by Crippen LogP contribution is -2.22. The van der Waals surface area contributed by atoms with Crippen LogP contribution in [-0.4, -0.2) is 24.9 Å². The van der Waals surface area contributed by atoms with Crippen molar-refractivity contribution < 1.29 is 9.53 Å². The molecule has 1 amide bonds. The van der Waals surface area contributed by atoms with Crippen LogP contribution in [0.25, 0.3) is 0 Å². The maximum atomic E-state index is 12.0. The molecule has 0 aliphatic rings. The summed E-state index contributed by atoms with van der Waals surface area (Å²) in [6, 6.07) is 11.3. The van der Waals surface area contributed by atoms with E-state index in [9.17, 15) is 4.79 Å². The van der Waals surface area contributed by atoms with Crippen molar-refractivity contribution in [3.8, 4) is 5.75 Å². The van der Waals surface area contributed by atoms with E-state index in [0.717, 1.165) is 4.88 Å². The molecule has 0 aliphatic heterocycles. The Balaban J connectivity index is 2.15. The summed E-state index contributed by atoms with van der Waals surface area (Å²) in [6.45, 7) is 0.495. The molecule has 1 aromatic heterocycles. The zero-order valence-electron chi connectivity index (χ0n) is 10.4. The van der Waals surface area contributed by atoms with Gasteiger partial charge in [-0.15, -0.1) is 11.3 Å². The first kappa shape index (κ1) is 12.6. The lowest BCUT2D eigenvalue weighted by atomic mass is 10.2. The molecule has 0 aliphatic carbocycles. The van der Waals surface area contributed by atoms with E-state index in [1.54, 1.807) is 36.4 Å². The molecule has 1 aromatic carbocycles. The smallest absolute Gasteiger partial charge is 0.257 e. The molecule has 0 atom stereocenters. The average Bonchev–Trinajstić information content (AvgIpc) is 2.89. The molecule has 94 valence electrons. The molecule has 3 nitrogen and oxygen atoms in total. The lowest BCUT2D eigenvalue weighted by molar-refractivity contribution is 0.0823. The Morgan fingerprint density at radius 3 is 2.67 bits per heavy atom. The number of ether oxygens (including phenoxy) is 1. The van der Waals surface area contributed by atoms with E-state index < -0.39 is 0 Å². The first-order valence-corrected chi connectivity index (χ1v) is 6.52. The number of carbonyl (C=O) groups excluding carboxylic acids is 1. The van der Waals surface area contributed by atoms with Crippen molar-refractivity contribution in [2.24, 2.45) is 0 Å².